The van der Waals surface area contributed by atoms with Gasteiger partial charge in [0.2, 0.25) is 0 Å². The summed E-state index contributed by atoms with van der Waals surface area (Å²) in [7, 11) is -2.26. The summed E-state index contributed by atoms with van der Waals surface area (Å²) >= 11 is 0. The molecular weight excluding hydrogens is 255 g/mol. The fraction of sp³-hybridized carbons (Fsp3) is 0.125. The second-order valence-corrected chi connectivity index (χ2v) is 5.32. The van der Waals surface area contributed by atoms with E-state index in [0.717, 1.165) is 10.9 Å². The largest absolute Gasteiger partial charge is 0.441 e. The Kier molecular flexibility index (Phi) is 4.84. The van der Waals surface area contributed by atoms with E-state index < -0.39 is 8.03 Å². The summed E-state index contributed by atoms with van der Waals surface area (Å²) in [6.07, 6.45) is 0.608. The lowest BCUT2D eigenvalue weighted by Gasteiger charge is -2.09. The van der Waals surface area contributed by atoms with Gasteiger partial charge in [-0.05, 0) is 25.1 Å². The molecule has 1 atom stereocenters. The lowest BCUT2D eigenvalue weighted by molar-refractivity contribution is 0.512. The SMILES string of the molecule is CC#CCc1ccccc1O[PH](=O)c1ccccc1. The molecule has 0 aliphatic heterocycles. The molecule has 2 aromatic rings. The van der Waals surface area contributed by atoms with Crippen molar-refractivity contribution in [2.75, 3.05) is 0 Å². The highest BCUT2D eigenvalue weighted by atomic mass is 31.1. The van der Waals surface area contributed by atoms with Crippen LogP contribution >= 0.6 is 8.03 Å². The van der Waals surface area contributed by atoms with Crippen LogP contribution in [0, 0.1) is 11.8 Å². The maximum Gasteiger partial charge on any atom is 0.265 e. The second-order valence-electron chi connectivity index (χ2n) is 3.97. The van der Waals surface area contributed by atoms with Gasteiger partial charge in [-0.1, -0.05) is 42.3 Å². The van der Waals surface area contributed by atoms with E-state index in [-0.39, 0.29) is 0 Å². The highest BCUT2D eigenvalue weighted by Crippen LogP contribution is 2.29. The van der Waals surface area contributed by atoms with E-state index in [0.29, 0.717) is 12.2 Å². The van der Waals surface area contributed by atoms with Crippen molar-refractivity contribution in [3.63, 3.8) is 0 Å². The molecule has 0 N–H and O–H groups in total. The van der Waals surface area contributed by atoms with Crippen LogP contribution in [-0.4, -0.2) is 0 Å². The van der Waals surface area contributed by atoms with Crippen molar-refractivity contribution in [2.45, 2.75) is 13.3 Å². The van der Waals surface area contributed by atoms with Crippen molar-refractivity contribution in [1.82, 2.24) is 0 Å². The molecular formula is C16H15O2P. The number of hydrogen-bond donors (Lipinski definition) is 0. The van der Waals surface area contributed by atoms with Gasteiger partial charge in [-0.2, -0.15) is 0 Å². The summed E-state index contributed by atoms with van der Waals surface area (Å²) in [4.78, 5) is 0. The van der Waals surface area contributed by atoms with Crippen LogP contribution in [0.25, 0.3) is 0 Å². The van der Waals surface area contributed by atoms with E-state index in [1.165, 1.54) is 0 Å². The lowest BCUT2D eigenvalue weighted by Crippen LogP contribution is -1.99. The molecule has 0 spiro atoms. The molecule has 0 aromatic heterocycles. The van der Waals surface area contributed by atoms with E-state index in [4.69, 9.17) is 4.52 Å². The van der Waals surface area contributed by atoms with Crippen LogP contribution in [0.3, 0.4) is 0 Å². The molecule has 0 fully saturated rings. The predicted molar refractivity (Wildman–Crippen MR) is 79.3 cm³/mol. The molecule has 3 heteroatoms. The van der Waals surface area contributed by atoms with Crippen molar-refractivity contribution >= 4 is 13.3 Å². The van der Waals surface area contributed by atoms with Gasteiger partial charge < -0.3 is 4.52 Å². The Morgan fingerprint density at radius 2 is 1.74 bits per heavy atom. The number of benzene rings is 2. The molecule has 0 heterocycles. The van der Waals surface area contributed by atoms with Crippen LogP contribution in [0.2, 0.25) is 0 Å². The molecule has 96 valence electrons. The minimum atomic E-state index is -2.26. The van der Waals surface area contributed by atoms with E-state index in [1.54, 1.807) is 6.92 Å². The van der Waals surface area contributed by atoms with Crippen molar-refractivity contribution in [3.8, 4) is 17.6 Å². The maximum absolute atomic E-state index is 12.2. The molecule has 0 aliphatic carbocycles. The Hall–Kier alpha value is -1.97. The zero-order valence-electron chi connectivity index (χ0n) is 10.7. The summed E-state index contributed by atoms with van der Waals surface area (Å²) in [5.41, 5.74) is 0.964. The zero-order valence-corrected chi connectivity index (χ0v) is 11.7. The first-order valence-corrected chi connectivity index (χ1v) is 7.37. The first-order valence-electron chi connectivity index (χ1n) is 6.06. The Balaban J connectivity index is 2.18. The van der Waals surface area contributed by atoms with Crippen LogP contribution in [0.5, 0.6) is 5.75 Å². The molecule has 0 radical (unpaired) electrons. The van der Waals surface area contributed by atoms with Gasteiger partial charge in [0.25, 0.3) is 8.03 Å². The molecule has 0 saturated heterocycles. The molecule has 1 unspecified atom stereocenters. The highest BCUT2D eigenvalue weighted by Gasteiger charge is 2.07. The molecule has 2 aromatic carbocycles. The standard InChI is InChI=1S/C16H15O2P/c1-2-3-9-14-10-7-8-13-16(14)18-19(17)15-11-5-4-6-12-15/h4-8,10-13,19H,9H2,1H3. The minimum absolute atomic E-state index is 0.608. The van der Waals surface area contributed by atoms with Crippen molar-refractivity contribution in [3.05, 3.63) is 60.2 Å². The van der Waals surface area contributed by atoms with E-state index >= 15 is 0 Å². The quantitative estimate of drug-likeness (QED) is 0.628. The fourth-order valence-electron chi connectivity index (χ4n) is 1.67. The van der Waals surface area contributed by atoms with Crippen LogP contribution < -0.4 is 9.83 Å². The fourth-order valence-corrected chi connectivity index (χ4v) is 2.65. The highest BCUT2D eigenvalue weighted by molar-refractivity contribution is 7.48. The Morgan fingerprint density at radius 3 is 2.47 bits per heavy atom. The van der Waals surface area contributed by atoms with Crippen molar-refractivity contribution in [1.29, 1.82) is 0 Å². The Bertz CT molecular complexity index is 624. The van der Waals surface area contributed by atoms with Crippen LogP contribution in [-0.2, 0) is 11.0 Å². The monoisotopic (exact) mass is 270 g/mol. The smallest absolute Gasteiger partial charge is 0.265 e. The summed E-state index contributed by atoms with van der Waals surface area (Å²) in [5, 5.41) is 0.726. The summed E-state index contributed by atoms with van der Waals surface area (Å²) < 4.78 is 17.8. The van der Waals surface area contributed by atoms with Gasteiger partial charge in [0.1, 0.15) is 5.75 Å². The Labute approximate surface area is 114 Å². The van der Waals surface area contributed by atoms with Gasteiger partial charge in [0.05, 0.1) is 0 Å². The third-order valence-electron chi connectivity index (χ3n) is 2.64. The topological polar surface area (TPSA) is 26.3 Å². The average Bonchev–Trinajstić information content (AvgIpc) is 2.47. The summed E-state index contributed by atoms with van der Waals surface area (Å²) in [5.74, 6) is 6.50. The number of para-hydroxylation sites is 1. The summed E-state index contributed by atoms with van der Waals surface area (Å²) in [6.45, 7) is 1.80. The second kappa shape index (κ2) is 6.83. The minimum Gasteiger partial charge on any atom is -0.441 e. The number of hydrogen-bond acceptors (Lipinski definition) is 2. The van der Waals surface area contributed by atoms with Crippen LogP contribution in [0.4, 0.5) is 0 Å². The van der Waals surface area contributed by atoms with E-state index in [2.05, 4.69) is 11.8 Å². The van der Waals surface area contributed by atoms with Gasteiger partial charge in [0.15, 0.2) is 0 Å². The molecule has 19 heavy (non-hydrogen) atoms. The first-order chi connectivity index (χ1) is 9.31. The lowest BCUT2D eigenvalue weighted by atomic mass is 10.1. The van der Waals surface area contributed by atoms with Crippen LogP contribution in [0.15, 0.2) is 54.6 Å². The molecule has 0 amide bonds. The third kappa shape index (κ3) is 3.74. The van der Waals surface area contributed by atoms with Gasteiger partial charge in [-0.15, -0.1) is 5.92 Å². The first kappa shape index (κ1) is 13.5. The normalized spacial score (nSPS) is 11.2. The van der Waals surface area contributed by atoms with Gasteiger partial charge >= 0.3 is 0 Å². The molecule has 0 saturated carbocycles. The van der Waals surface area contributed by atoms with E-state index in [1.807, 2.05) is 54.6 Å². The van der Waals surface area contributed by atoms with Crippen LogP contribution in [0.1, 0.15) is 12.5 Å². The molecule has 0 bridgehead atoms. The predicted octanol–water partition coefficient (Wildman–Crippen LogP) is 3.43. The van der Waals surface area contributed by atoms with Gasteiger partial charge in [-0.3, -0.25) is 4.57 Å². The zero-order chi connectivity index (χ0) is 13.5. The molecule has 2 rings (SSSR count). The van der Waals surface area contributed by atoms with E-state index in [9.17, 15) is 4.57 Å². The molecule has 2 nitrogen and oxygen atoms in total. The van der Waals surface area contributed by atoms with Crippen molar-refractivity contribution in [2.24, 2.45) is 0 Å². The Morgan fingerprint density at radius 1 is 1.05 bits per heavy atom. The maximum atomic E-state index is 12.2. The van der Waals surface area contributed by atoms with Gasteiger partial charge in [0, 0.05) is 17.3 Å². The summed E-state index contributed by atoms with van der Waals surface area (Å²) in [6, 6.07) is 16.8. The number of rotatable bonds is 4. The molecule has 0 aliphatic rings. The van der Waals surface area contributed by atoms with Gasteiger partial charge in [-0.25, -0.2) is 0 Å². The third-order valence-corrected chi connectivity index (χ3v) is 3.85. The average molecular weight is 270 g/mol. The van der Waals surface area contributed by atoms with Crippen molar-refractivity contribution < 1.29 is 9.09 Å².